The smallest absolute Gasteiger partial charge is 0.233 e. The van der Waals surface area contributed by atoms with Crippen molar-refractivity contribution >= 4 is 17.7 Å². The number of aryl methyl sites for hydroxylation is 1. The summed E-state index contributed by atoms with van der Waals surface area (Å²) in [6.07, 6.45) is 2.26. The monoisotopic (exact) mass is 318 g/mol. The molecule has 7 nitrogen and oxygen atoms in total. The van der Waals surface area contributed by atoms with E-state index in [1.165, 1.54) is 11.8 Å². The summed E-state index contributed by atoms with van der Waals surface area (Å²) in [5.74, 6) is 0.855. The summed E-state index contributed by atoms with van der Waals surface area (Å²) in [6.45, 7) is 6.80. The number of thioether (sulfide) groups is 1. The van der Waals surface area contributed by atoms with Gasteiger partial charge in [0.1, 0.15) is 5.82 Å². The molecule has 8 heteroatoms. The summed E-state index contributed by atoms with van der Waals surface area (Å²) in [6, 6.07) is 4.02. The van der Waals surface area contributed by atoms with Crippen LogP contribution < -0.4 is 0 Å². The lowest BCUT2D eigenvalue weighted by Gasteiger charge is -2.20. The van der Waals surface area contributed by atoms with Gasteiger partial charge in [-0.2, -0.15) is 10.5 Å². The van der Waals surface area contributed by atoms with Crippen LogP contribution in [0.1, 0.15) is 18.7 Å². The van der Waals surface area contributed by atoms with E-state index in [1.807, 2.05) is 23.6 Å². The molecule has 0 bridgehead atoms. The number of nitriles is 2. The van der Waals surface area contributed by atoms with E-state index in [0.29, 0.717) is 24.8 Å². The maximum absolute atomic E-state index is 12.2. The predicted octanol–water partition coefficient (Wildman–Crippen LogP) is 1.52. The first-order valence-electron chi connectivity index (χ1n) is 6.79. The first-order chi connectivity index (χ1) is 10.6. The van der Waals surface area contributed by atoms with Crippen molar-refractivity contribution in [3.05, 3.63) is 18.5 Å². The predicted molar refractivity (Wildman–Crippen MR) is 82.7 cm³/mol. The Morgan fingerprint density at radius 2 is 2.00 bits per heavy atom. The molecule has 0 unspecified atom stereocenters. The van der Waals surface area contributed by atoms with E-state index in [-0.39, 0.29) is 24.5 Å². The van der Waals surface area contributed by atoms with E-state index >= 15 is 0 Å². The normalized spacial score (nSPS) is 9.77. The number of rotatable bonds is 9. The molecule has 0 saturated heterocycles. The molecule has 0 atom stereocenters. The summed E-state index contributed by atoms with van der Waals surface area (Å²) in [5.41, 5.74) is 0. The zero-order valence-corrected chi connectivity index (χ0v) is 13.3. The summed E-state index contributed by atoms with van der Waals surface area (Å²) < 4.78 is 1.87. The van der Waals surface area contributed by atoms with Crippen LogP contribution in [-0.4, -0.2) is 44.4 Å². The second-order valence-corrected chi connectivity index (χ2v) is 5.36. The fourth-order valence-electron chi connectivity index (χ4n) is 1.76. The molecule has 0 N–H and O–H groups in total. The summed E-state index contributed by atoms with van der Waals surface area (Å²) in [4.78, 5) is 13.8. The molecular weight excluding hydrogens is 300 g/mol. The average molecular weight is 318 g/mol. The minimum atomic E-state index is -0.110. The molecule has 0 aliphatic rings. The lowest BCUT2D eigenvalue weighted by atomic mass is 10.3. The average Bonchev–Trinajstić information content (AvgIpc) is 2.86. The number of nitrogens with zero attached hydrogens (tertiary/aromatic N) is 6. The van der Waals surface area contributed by atoms with Crippen LogP contribution in [0.5, 0.6) is 0 Å². The Balaban J connectivity index is 2.64. The molecule has 116 valence electrons. The van der Waals surface area contributed by atoms with Gasteiger partial charge in [0.15, 0.2) is 5.16 Å². The maximum Gasteiger partial charge on any atom is 0.233 e. The Morgan fingerprint density at radius 1 is 1.36 bits per heavy atom. The second-order valence-electron chi connectivity index (χ2n) is 4.41. The number of carbonyl (C=O) groups excluding carboxylic acids is 1. The Bertz CT molecular complexity index is 579. The van der Waals surface area contributed by atoms with Crippen LogP contribution in [0.15, 0.2) is 17.8 Å². The van der Waals surface area contributed by atoms with Crippen LogP contribution in [0.4, 0.5) is 0 Å². The van der Waals surface area contributed by atoms with E-state index in [1.54, 1.807) is 11.0 Å². The fourth-order valence-corrected chi connectivity index (χ4v) is 2.65. The van der Waals surface area contributed by atoms with Crippen molar-refractivity contribution < 1.29 is 4.79 Å². The van der Waals surface area contributed by atoms with Crippen molar-refractivity contribution in [1.29, 1.82) is 10.5 Å². The highest BCUT2D eigenvalue weighted by molar-refractivity contribution is 7.99. The van der Waals surface area contributed by atoms with Gasteiger partial charge in [0.2, 0.25) is 5.91 Å². The fraction of sp³-hybridized carbons (Fsp3) is 0.500. The molecule has 0 saturated carbocycles. The molecule has 1 heterocycles. The lowest BCUT2D eigenvalue weighted by Crippen LogP contribution is -2.34. The van der Waals surface area contributed by atoms with Gasteiger partial charge in [0.25, 0.3) is 0 Å². The first-order valence-corrected chi connectivity index (χ1v) is 7.77. The van der Waals surface area contributed by atoms with Gasteiger partial charge in [-0.05, 0) is 6.92 Å². The number of hydrogen-bond donors (Lipinski definition) is 0. The molecule has 0 aliphatic carbocycles. The topological polar surface area (TPSA) is 98.6 Å². The molecule has 22 heavy (non-hydrogen) atoms. The van der Waals surface area contributed by atoms with E-state index in [4.69, 9.17) is 10.5 Å². The minimum Gasteiger partial charge on any atom is -0.340 e. The SMILES string of the molecule is C=CCn1c(C)nnc1SCC(=O)N(CCC#N)CCC#N. The van der Waals surface area contributed by atoms with Gasteiger partial charge >= 0.3 is 0 Å². The van der Waals surface area contributed by atoms with Gasteiger partial charge in [-0.3, -0.25) is 4.79 Å². The van der Waals surface area contributed by atoms with E-state index in [2.05, 4.69) is 16.8 Å². The van der Waals surface area contributed by atoms with E-state index in [0.717, 1.165) is 5.82 Å². The first kappa shape index (κ1) is 17.7. The number of carbonyl (C=O) groups is 1. The zero-order valence-electron chi connectivity index (χ0n) is 12.5. The molecule has 0 spiro atoms. The number of amides is 1. The van der Waals surface area contributed by atoms with Crippen molar-refractivity contribution in [3.63, 3.8) is 0 Å². The quantitative estimate of drug-likeness (QED) is 0.505. The van der Waals surface area contributed by atoms with Crippen molar-refractivity contribution in [1.82, 2.24) is 19.7 Å². The van der Waals surface area contributed by atoms with Crippen LogP contribution in [0.25, 0.3) is 0 Å². The lowest BCUT2D eigenvalue weighted by molar-refractivity contribution is -0.128. The molecular formula is C14H18N6OS. The Kier molecular flexibility index (Phi) is 7.73. The zero-order chi connectivity index (χ0) is 16.4. The van der Waals surface area contributed by atoms with Crippen LogP contribution >= 0.6 is 11.8 Å². The molecule has 1 aromatic heterocycles. The highest BCUT2D eigenvalue weighted by Gasteiger charge is 2.16. The molecule has 0 radical (unpaired) electrons. The third-order valence-corrected chi connectivity index (χ3v) is 3.83. The molecule has 1 amide bonds. The van der Waals surface area contributed by atoms with Crippen LogP contribution in [0.2, 0.25) is 0 Å². The van der Waals surface area contributed by atoms with Gasteiger partial charge < -0.3 is 9.47 Å². The third kappa shape index (κ3) is 5.23. The molecule has 0 aromatic carbocycles. The van der Waals surface area contributed by atoms with E-state index < -0.39 is 0 Å². The van der Waals surface area contributed by atoms with E-state index in [9.17, 15) is 4.79 Å². The van der Waals surface area contributed by atoms with Crippen molar-refractivity contribution in [3.8, 4) is 12.1 Å². The minimum absolute atomic E-state index is 0.110. The van der Waals surface area contributed by atoms with Gasteiger partial charge in [0.05, 0.1) is 30.7 Å². The summed E-state index contributed by atoms with van der Waals surface area (Å²) >= 11 is 1.30. The molecule has 0 fully saturated rings. The number of allylic oxidation sites excluding steroid dienone is 1. The maximum atomic E-state index is 12.2. The van der Waals surface area contributed by atoms with Crippen LogP contribution in [-0.2, 0) is 11.3 Å². The Morgan fingerprint density at radius 3 is 2.55 bits per heavy atom. The van der Waals surface area contributed by atoms with Crippen LogP contribution in [0, 0.1) is 29.6 Å². The summed E-state index contributed by atoms with van der Waals surface area (Å²) in [7, 11) is 0. The largest absolute Gasteiger partial charge is 0.340 e. The number of hydrogen-bond acceptors (Lipinski definition) is 6. The van der Waals surface area contributed by atoms with Crippen molar-refractivity contribution in [2.24, 2.45) is 0 Å². The van der Waals surface area contributed by atoms with Crippen LogP contribution in [0.3, 0.4) is 0 Å². The van der Waals surface area contributed by atoms with Gasteiger partial charge in [-0.25, -0.2) is 0 Å². The van der Waals surface area contributed by atoms with Gasteiger partial charge in [-0.1, -0.05) is 17.8 Å². The standard InChI is InChI=1S/C14H18N6OS/c1-3-8-20-12(2)17-18-14(20)22-11-13(21)19(9-4-6-15)10-5-7-16/h3H,1,4-5,8-11H2,2H3. The van der Waals surface area contributed by atoms with Gasteiger partial charge in [0, 0.05) is 19.6 Å². The van der Waals surface area contributed by atoms with Gasteiger partial charge in [-0.15, -0.1) is 16.8 Å². The third-order valence-electron chi connectivity index (χ3n) is 2.88. The molecule has 0 aliphatic heterocycles. The Hall–Kier alpha value is -2.32. The molecule has 1 rings (SSSR count). The van der Waals surface area contributed by atoms with Crippen molar-refractivity contribution in [2.75, 3.05) is 18.8 Å². The highest BCUT2D eigenvalue weighted by atomic mass is 32.2. The number of aromatic nitrogens is 3. The Labute approximate surface area is 134 Å². The summed E-state index contributed by atoms with van der Waals surface area (Å²) in [5, 5.41) is 26.0. The second kappa shape index (κ2) is 9.59. The highest BCUT2D eigenvalue weighted by Crippen LogP contribution is 2.17. The van der Waals surface area contributed by atoms with Crippen molar-refractivity contribution in [2.45, 2.75) is 31.5 Å². The molecule has 1 aromatic rings.